The molecule has 0 unspecified atom stereocenters. The van der Waals surface area contributed by atoms with Gasteiger partial charge in [0.05, 0.1) is 13.2 Å². The number of hydrogen-bond acceptors (Lipinski definition) is 4. The molecule has 0 bridgehead atoms. The van der Waals surface area contributed by atoms with Gasteiger partial charge in [0, 0.05) is 20.2 Å². The summed E-state index contributed by atoms with van der Waals surface area (Å²) in [6.07, 6.45) is 3.70. The highest BCUT2D eigenvalue weighted by Gasteiger charge is 2.10. The lowest BCUT2D eigenvalue weighted by atomic mass is 10.4. The first kappa shape index (κ1) is 21.2. The van der Waals surface area contributed by atoms with E-state index in [1.54, 1.807) is 7.11 Å². The summed E-state index contributed by atoms with van der Waals surface area (Å²) in [5.74, 6) is 0.0718. The molecular weight excluding hydrogens is 289 g/mol. The second-order valence-electron chi connectivity index (χ2n) is 4.42. The van der Waals surface area contributed by atoms with Gasteiger partial charge in [-0.15, -0.1) is 24.8 Å². The van der Waals surface area contributed by atoms with Gasteiger partial charge in [-0.25, -0.2) is 0 Å². The zero-order valence-corrected chi connectivity index (χ0v) is 13.3. The Morgan fingerprint density at radius 2 is 1.89 bits per heavy atom. The summed E-state index contributed by atoms with van der Waals surface area (Å²) in [5, 5.41) is 5.94. The van der Waals surface area contributed by atoms with Crippen LogP contribution in [0.25, 0.3) is 0 Å². The van der Waals surface area contributed by atoms with Crippen molar-refractivity contribution in [1.82, 2.24) is 15.5 Å². The maximum atomic E-state index is 11.4. The highest BCUT2D eigenvalue weighted by Crippen LogP contribution is 2.06. The van der Waals surface area contributed by atoms with E-state index in [2.05, 4.69) is 15.5 Å². The van der Waals surface area contributed by atoms with Crippen LogP contribution in [0.1, 0.15) is 19.3 Å². The van der Waals surface area contributed by atoms with Crippen LogP contribution in [0.2, 0.25) is 0 Å². The third-order valence-electron chi connectivity index (χ3n) is 2.94. The van der Waals surface area contributed by atoms with Crippen LogP contribution in [0.5, 0.6) is 0 Å². The number of amides is 1. The Bertz CT molecular complexity index is 215. The molecule has 1 aliphatic heterocycles. The lowest BCUT2D eigenvalue weighted by Crippen LogP contribution is -2.36. The Balaban J connectivity index is 0. The molecule has 0 aromatic rings. The fourth-order valence-electron chi connectivity index (χ4n) is 1.98. The Hall–Kier alpha value is -0.0700. The van der Waals surface area contributed by atoms with Crippen LogP contribution in [0.4, 0.5) is 0 Å². The molecule has 2 N–H and O–H groups in total. The van der Waals surface area contributed by atoms with Crippen molar-refractivity contribution in [2.45, 2.75) is 19.3 Å². The van der Waals surface area contributed by atoms with E-state index >= 15 is 0 Å². The lowest BCUT2D eigenvalue weighted by Gasteiger charge is -2.14. The highest BCUT2D eigenvalue weighted by atomic mass is 35.5. The first-order chi connectivity index (χ1) is 8.33. The molecule has 1 heterocycles. The maximum absolute atomic E-state index is 11.4. The molecule has 1 rings (SSSR count). The number of ether oxygens (including phenoxy) is 1. The zero-order valence-electron chi connectivity index (χ0n) is 11.7. The van der Waals surface area contributed by atoms with E-state index in [0.29, 0.717) is 13.2 Å². The third kappa shape index (κ3) is 11.5. The van der Waals surface area contributed by atoms with E-state index in [4.69, 9.17) is 4.74 Å². The van der Waals surface area contributed by atoms with Crippen LogP contribution >= 0.6 is 24.8 Å². The topological polar surface area (TPSA) is 53.6 Å². The van der Waals surface area contributed by atoms with Crippen LogP contribution < -0.4 is 10.6 Å². The molecule has 0 aliphatic carbocycles. The Morgan fingerprint density at radius 3 is 2.53 bits per heavy atom. The number of methoxy groups -OCH3 is 1. The standard InChI is InChI=1S/C12H25N3O2.2ClH/c1-17-10-6-13-11-12(16)14-5-4-9-15-7-2-3-8-15;;/h13H,2-11H2,1H3,(H,14,16);2*1H. The second-order valence-corrected chi connectivity index (χ2v) is 4.42. The van der Waals surface area contributed by atoms with Crippen molar-refractivity contribution in [2.75, 3.05) is 53.0 Å². The number of rotatable bonds is 9. The Labute approximate surface area is 128 Å². The molecule has 1 aliphatic rings. The third-order valence-corrected chi connectivity index (χ3v) is 2.94. The number of nitrogens with zero attached hydrogens (tertiary/aromatic N) is 1. The Morgan fingerprint density at radius 1 is 1.21 bits per heavy atom. The first-order valence-corrected chi connectivity index (χ1v) is 6.51. The van der Waals surface area contributed by atoms with Crippen molar-refractivity contribution in [3.05, 3.63) is 0 Å². The van der Waals surface area contributed by atoms with Crippen molar-refractivity contribution < 1.29 is 9.53 Å². The van der Waals surface area contributed by atoms with E-state index in [9.17, 15) is 4.79 Å². The number of halogens is 2. The highest BCUT2D eigenvalue weighted by molar-refractivity contribution is 5.85. The van der Waals surface area contributed by atoms with Crippen LogP contribution in [0, 0.1) is 0 Å². The normalized spacial score (nSPS) is 14.6. The summed E-state index contributed by atoms with van der Waals surface area (Å²) in [5.41, 5.74) is 0. The molecule has 0 spiro atoms. The average Bonchev–Trinajstić information content (AvgIpc) is 2.83. The molecular formula is C12H27Cl2N3O2. The fraction of sp³-hybridized carbons (Fsp3) is 0.917. The van der Waals surface area contributed by atoms with Crippen LogP contribution in [0.3, 0.4) is 0 Å². The maximum Gasteiger partial charge on any atom is 0.233 e. The molecule has 0 atom stereocenters. The summed E-state index contributed by atoms with van der Waals surface area (Å²) in [7, 11) is 1.65. The van der Waals surface area contributed by atoms with Gasteiger partial charge in [-0.05, 0) is 38.9 Å². The van der Waals surface area contributed by atoms with Gasteiger partial charge in [-0.2, -0.15) is 0 Å². The molecule has 19 heavy (non-hydrogen) atoms. The van der Waals surface area contributed by atoms with Gasteiger partial charge >= 0.3 is 0 Å². The SMILES string of the molecule is COCCNCC(=O)NCCCN1CCCC1.Cl.Cl. The summed E-state index contributed by atoms with van der Waals surface area (Å²) in [6.45, 7) is 6.09. The van der Waals surface area contributed by atoms with Crippen molar-refractivity contribution in [2.24, 2.45) is 0 Å². The molecule has 1 saturated heterocycles. The molecule has 0 aromatic carbocycles. The molecule has 7 heteroatoms. The molecule has 1 fully saturated rings. The predicted molar refractivity (Wildman–Crippen MR) is 82.5 cm³/mol. The largest absolute Gasteiger partial charge is 0.383 e. The summed E-state index contributed by atoms with van der Waals surface area (Å²) in [4.78, 5) is 13.8. The number of likely N-dealkylation sites (tertiary alicyclic amines) is 1. The van der Waals surface area contributed by atoms with E-state index < -0.39 is 0 Å². The zero-order chi connectivity index (χ0) is 12.3. The molecule has 1 amide bonds. The number of carbonyl (C=O) groups is 1. The van der Waals surface area contributed by atoms with Gasteiger partial charge in [-0.3, -0.25) is 4.79 Å². The first-order valence-electron chi connectivity index (χ1n) is 6.51. The molecule has 5 nitrogen and oxygen atoms in total. The van der Waals surface area contributed by atoms with Crippen LogP contribution in [-0.2, 0) is 9.53 Å². The molecule has 0 aromatic heterocycles. The van der Waals surface area contributed by atoms with Crippen LogP contribution in [-0.4, -0.2) is 63.8 Å². The van der Waals surface area contributed by atoms with E-state index in [0.717, 1.165) is 26.1 Å². The second kappa shape index (κ2) is 14.3. The lowest BCUT2D eigenvalue weighted by molar-refractivity contribution is -0.120. The van der Waals surface area contributed by atoms with Crippen molar-refractivity contribution in [1.29, 1.82) is 0 Å². The molecule has 0 radical (unpaired) electrons. The fourth-order valence-corrected chi connectivity index (χ4v) is 1.98. The quantitative estimate of drug-likeness (QED) is 0.614. The average molecular weight is 316 g/mol. The summed E-state index contributed by atoms with van der Waals surface area (Å²) >= 11 is 0. The summed E-state index contributed by atoms with van der Waals surface area (Å²) in [6, 6.07) is 0. The number of carbonyl (C=O) groups excluding carboxylic acids is 1. The van der Waals surface area contributed by atoms with E-state index in [1.165, 1.54) is 25.9 Å². The van der Waals surface area contributed by atoms with Gasteiger partial charge in [0.25, 0.3) is 0 Å². The van der Waals surface area contributed by atoms with Crippen LogP contribution in [0.15, 0.2) is 0 Å². The number of hydrogen-bond donors (Lipinski definition) is 2. The van der Waals surface area contributed by atoms with Gasteiger partial charge in [0.1, 0.15) is 0 Å². The van der Waals surface area contributed by atoms with Crippen molar-refractivity contribution in [3.63, 3.8) is 0 Å². The van der Waals surface area contributed by atoms with Crippen molar-refractivity contribution in [3.8, 4) is 0 Å². The molecule has 116 valence electrons. The predicted octanol–water partition coefficient (Wildman–Crippen LogP) is 0.668. The molecule has 0 saturated carbocycles. The minimum atomic E-state index is 0. The monoisotopic (exact) mass is 315 g/mol. The van der Waals surface area contributed by atoms with E-state index in [-0.39, 0.29) is 30.7 Å². The smallest absolute Gasteiger partial charge is 0.233 e. The van der Waals surface area contributed by atoms with Gasteiger partial charge in [0.15, 0.2) is 0 Å². The van der Waals surface area contributed by atoms with Crippen molar-refractivity contribution >= 4 is 30.7 Å². The summed E-state index contributed by atoms with van der Waals surface area (Å²) < 4.78 is 4.88. The van der Waals surface area contributed by atoms with Gasteiger partial charge in [-0.1, -0.05) is 0 Å². The minimum absolute atomic E-state index is 0. The number of nitrogens with one attached hydrogen (secondary N) is 2. The van der Waals surface area contributed by atoms with Gasteiger partial charge in [0.2, 0.25) is 5.91 Å². The Kier molecular flexibility index (Phi) is 16.0. The minimum Gasteiger partial charge on any atom is -0.383 e. The van der Waals surface area contributed by atoms with Gasteiger partial charge < -0.3 is 20.3 Å². The van der Waals surface area contributed by atoms with E-state index in [1.807, 2.05) is 0 Å².